The van der Waals surface area contributed by atoms with Gasteiger partial charge in [0.05, 0.1) is 16.6 Å². The molecule has 0 aliphatic rings. The average molecular weight is 402 g/mol. The zero-order valence-corrected chi connectivity index (χ0v) is 17.3. The number of benzene rings is 2. The van der Waals surface area contributed by atoms with Crippen LogP contribution >= 0.6 is 0 Å². The quantitative estimate of drug-likeness (QED) is 0.460. The standard InChI is InChI=1S/C24H26N4O2/c1-16(2)14-28-15-19(17-8-3-4-9-18(17)24(28)30)23(29)25-13-7-12-22-26-20-10-5-6-11-21(20)27-22/h3-6,8-11,15-16H,7,12-14H2,1-2H3,(H,25,29)(H,26,27). The van der Waals surface area contributed by atoms with Crippen molar-refractivity contribution in [2.45, 2.75) is 33.2 Å². The molecular formula is C24H26N4O2. The van der Waals surface area contributed by atoms with Crippen LogP contribution in [0.1, 0.15) is 36.5 Å². The van der Waals surface area contributed by atoms with Gasteiger partial charge in [-0.15, -0.1) is 0 Å². The van der Waals surface area contributed by atoms with Crippen molar-refractivity contribution in [3.63, 3.8) is 0 Å². The second-order valence-corrected chi connectivity index (χ2v) is 8.00. The van der Waals surface area contributed by atoms with Gasteiger partial charge in [-0.2, -0.15) is 0 Å². The van der Waals surface area contributed by atoms with Crippen LogP contribution in [0.5, 0.6) is 0 Å². The van der Waals surface area contributed by atoms with Gasteiger partial charge in [0.1, 0.15) is 5.82 Å². The fourth-order valence-corrected chi connectivity index (χ4v) is 3.73. The predicted octanol–water partition coefficient (Wildman–Crippen LogP) is 3.90. The Morgan fingerprint density at radius 1 is 1.10 bits per heavy atom. The van der Waals surface area contributed by atoms with Gasteiger partial charge in [0.25, 0.3) is 11.5 Å². The van der Waals surface area contributed by atoms with Gasteiger partial charge in [0, 0.05) is 36.5 Å². The van der Waals surface area contributed by atoms with Crippen LogP contribution in [0.15, 0.2) is 59.5 Å². The Bertz CT molecular complexity index is 1220. The minimum Gasteiger partial charge on any atom is -0.352 e. The lowest BCUT2D eigenvalue weighted by molar-refractivity contribution is 0.0954. The first-order valence-corrected chi connectivity index (χ1v) is 10.4. The molecular weight excluding hydrogens is 376 g/mol. The third-order valence-electron chi connectivity index (χ3n) is 5.11. The van der Waals surface area contributed by atoms with Crippen molar-refractivity contribution < 1.29 is 4.79 Å². The van der Waals surface area contributed by atoms with Crippen LogP contribution < -0.4 is 10.9 Å². The SMILES string of the molecule is CC(C)Cn1cc(C(=O)NCCCc2nc3ccccc3[nH]2)c2ccccc2c1=O. The highest BCUT2D eigenvalue weighted by Crippen LogP contribution is 2.16. The molecule has 6 nitrogen and oxygen atoms in total. The Hall–Kier alpha value is -3.41. The van der Waals surface area contributed by atoms with Crippen LogP contribution in [-0.4, -0.2) is 27.0 Å². The number of aromatic amines is 1. The number of aryl methyl sites for hydroxylation is 1. The first-order chi connectivity index (χ1) is 14.5. The number of para-hydroxylation sites is 2. The highest BCUT2D eigenvalue weighted by atomic mass is 16.2. The molecule has 0 fully saturated rings. The fraction of sp³-hybridized carbons (Fsp3) is 0.292. The molecule has 1 amide bonds. The van der Waals surface area contributed by atoms with Gasteiger partial charge in [0.2, 0.25) is 0 Å². The van der Waals surface area contributed by atoms with Crippen LogP contribution in [0.25, 0.3) is 21.8 Å². The summed E-state index contributed by atoms with van der Waals surface area (Å²) < 4.78 is 1.65. The number of carbonyl (C=O) groups excluding carboxylic acids is 1. The van der Waals surface area contributed by atoms with Crippen molar-refractivity contribution in [3.05, 3.63) is 76.5 Å². The monoisotopic (exact) mass is 402 g/mol. The zero-order chi connectivity index (χ0) is 21.1. The Morgan fingerprint density at radius 2 is 1.83 bits per heavy atom. The van der Waals surface area contributed by atoms with E-state index in [2.05, 4.69) is 29.1 Å². The van der Waals surface area contributed by atoms with Crippen molar-refractivity contribution >= 4 is 27.7 Å². The van der Waals surface area contributed by atoms with Gasteiger partial charge >= 0.3 is 0 Å². The lowest BCUT2D eigenvalue weighted by Crippen LogP contribution is -2.29. The maximum absolute atomic E-state index is 12.9. The molecule has 0 saturated carbocycles. The summed E-state index contributed by atoms with van der Waals surface area (Å²) in [5, 5.41) is 4.27. The average Bonchev–Trinajstić information content (AvgIpc) is 3.16. The molecule has 154 valence electrons. The summed E-state index contributed by atoms with van der Waals surface area (Å²) in [6.07, 6.45) is 3.22. The van der Waals surface area contributed by atoms with E-state index in [0.29, 0.717) is 35.3 Å². The summed E-state index contributed by atoms with van der Waals surface area (Å²) in [4.78, 5) is 33.5. The Kier molecular flexibility index (Phi) is 5.65. The first kappa shape index (κ1) is 19.9. The topological polar surface area (TPSA) is 79.8 Å². The Balaban J connectivity index is 1.47. The summed E-state index contributed by atoms with van der Waals surface area (Å²) in [5.41, 5.74) is 2.46. The first-order valence-electron chi connectivity index (χ1n) is 10.4. The number of pyridine rings is 1. The van der Waals surface area contributed by atoms with E-state index >= 15 is 0 Å². The number of hydrogen-bond donors (Lipinski definition) is 2. The number of H-pyrrole nitrogens is 1. The van der Waals surface area contributed by atoms with Crippen LogP contribution in [0.2, 0.25) is 0 Å². The third-order valence-corrected chi connectivity index (χ3v) is 5.11. The largest absolute Gasteiger partial charge is 0.352 e. The molecule has 2 aromatic carbocycles. The number of imidazole rings is 1. The van der Waals surface area contributed by atoms with E-state index in [0.717, 1.165) is 29.7 Å². The van der Waals surface area contributed by atoms with E-state index in [9.17, 15) is 9.59 Å². The van der Waals surface area contributed by atoms with E-state index in [1.54, 1.807) is 16.8 Å². The number of rotatable bonds is 7. The number of nitrogens with zero attached hydrogens (tertiary/aromatic N) is 2. The molecule has 2 N–H and O–H groups in total. The number of aromatic nitrogens is 3. The van der Waals surface area contributed by atoms with Gasteiger partial charge in [-0.25, -0.2) is 4.98 Å². The Morgan fingerprint density at radius 3 is 2.60 bits per heavy atom. The van der Waals surface area contributed by atoms with Crippen molar-refractivity contribution in [2.24, 2.45) is 5.92 Å². The van der Waals surface area contributed by atoms with Crippen LogP contribution in [0.4, 0.5) is 0 Å². The second-order valence-electron chi connectivity index (χ2n) is 8.00. The van der Waals surface area contributed by atoms with Gasteiger partial charge in [-0.1, -0.05) is 44.2 Å². The molecule has 0 spiro atoms. The summed E-state index contributed by atoms with van der Waals surface area (Å²) >= 11 is 0. The van der Waals surface area contributed by atoms with E-state index in [1.165, 1.54) is 0 Å². The van der Waals surface area contributed by atoms with Crippen molar-refractivity contribution in [1.82, 2.24) is 19.9 Å². The van der Waals surface area contributed by atoms with E-state index < -0.39 is 0 Å². The lowest BCUT2D eigenvalue weighted by Gasteiger charge is -2.14. The van der Waals surface area contributed by atoms with Crippen LogP contribution in [0.3, 0.4) is 0 Å². The molecule has 4 rings (SSSR count). The van der Waals surface area contributed by atoms with Crippen molar-refractivity contribution in [2.75, 3.05) is 6.54 Å². The molecule has 2 heterocycles. The minimum absolute atomic E-state index is 0.0549. The number of nitrogens with one attached hydrogen (secondary N) is 2. The highest BCUT2D eigenvalue weighted by Gasteiger charge is 2.15. The molecule has 0 aliphatic heterocycles. The third kappa shape index (κ3) is 4.13. The van der Waals surface area contributed by atoms with Crippen molar-refractivity contribution in [1.29, 1.82) is 0 Å². The van der Waals surface area contributed by atoms with Crippen molar-refractivity contribution in [3.8, 4) is 0 Å². The molecule has 0 bridgehead atoms. The van der Waals surface area contributed by atoms with E-state index in [1.807, 2.05) is 42.5 Å². The van der Waals surface area contributed by atoms with Crippen LogP contribution in [-0.2, 0) is 13.0 Å². The van der Waals surface area contributed by atoms with Crippen LogP contribution in [0, 0.1) is 5.92 Å². The zero-order valence-electron chi connectivity index (χ0n) is 17.3. The smallest absolute Gasteiger partial charge is 0.258 e. The van der Waals surface area contributed by atoms with Gasteiger partial charge < -0.3 is 14.9 Å². The van der Waals surface area contributed by atoms with Gasteiger partial charge in [-0.3, -0.25) is 9.59 Å². The molecule has 4 aromatic rings. The fourth-order valence-electron chi connectivity index (χ4n) is 3.73. The molecule has 0 aliphatic carbocycles. The maximum Gasteiger partial charge on any atom is 0.258 e. The summed E-state index contributed by atoms with van der Waals surface area (Å²) in [5.74, 6) is 1.07. The molecule has 0 atom stereocenters. The maximum atomic E-state index is 12.9. The van der Waals surface area contributed by atoms with Gasteiger partial charge in [0.15, 0.2) is 0 Å². The molecule has 2 aromatic heterocycles. The predicted molar refractivity (Wildman–Crippen MR) is 120 cm³/mol. The number of hydrogen-bond acceptors (Lipinski definition) is 3. The molecule has 0 radical (unpaired) electrons. The Labute approximate surface area is 175 Å². The molecule has 0 saturated heterocycles. The number of carbonyl (C=O) groups is 1. The summed E-state index contributed by atoms with van der Waals surface area (Å²) in [7, 11) is 0. The van der Waals surface area contributed by atoms with E-state index in [-0.39, 0.29) is 11.5 Å². The molecule has 0 unspecified atom stereocenters. The number of amides is 1. The molecule has 6 heteroatoms. The van der Waals surface area contributed by atoms with E-state index in [4.69, 9.17) is 0 Å². The summed E-state index contributed by atoms with van der Waals surface area (Å²) in [6, 6.07) is 15.2. The minimum atomic E-state index is -0.159. The molecule has 30 heavy (non-hydrogen) atoms. The number of fused-ring (bicyclic) bond motifs is 2. The lowest BCUT2D eigenvalue weighted by atomic mass is 10.1. The van der Waals surface area contributed by atoms with Gasteiger partial charge in [-0.05, 0) is 30.5 Å². The normalized spacial score (nSPS) is 11.4. The summed E-state index contributed by atoms with van der Waals surface area (Å²) in [6.45, 7) is 5.22. The second kappa shape index (κ2) is 8.53. The highest BCUT2D eigenvalue weighted by molar-refractivity contribution is 6.06.